The Hall–Kier alpha value is -3.90. The summed E-state index contributed by atoms with van der Waals surface area (Å²) in [6.45, 7) is 0.0347. The van der Waals surface area contributed by atoms with E-state index in [4.69, 9.17) is 10.5 Å². The highest BCUT2D eigenvalue weighted by atomic mass is 19.4. The maximum atomic E-state index is 13.6. The number of carbonyl (C=O) groups is 2. The van der Waals surface area contributed by atoms with Gasteiger partial charge in [-0.1, -0.05) is 60.7 Å². The Labute approximate surface area is 250 Å². The summed E-state index contributed by atoms with van der Waals surface area (Å²) in [7, 11) is 0. The topological polar surface area (TPSA) is 84.7 Å². The molecule has 5 atom stereocenters. The van der Waals surface area contributed by atoms with Crippen LogP contribution < -0.4 is 11.1 Å². The average Bonchev–Trinajstić information content (AvgIpc) is 2.99. The molecule has 12 heteroatoms. The van der Waals surface area contributed by atoms with E-state index in [1.807, 2.05) is 60.7 Å². The van der Waals surface area contributed by atoms with Gasteiger partial charge in [0.1, 0.15) is 0 Å². The molecule has 2 amide bonds. The van der Waals surface area contributed by atoms with Crippen LogP contribution in [0.1, 0.15) is 40.2 Å². The zero-order valence-electron chi connectivity index (χ0n) is 23.4. The summed E-state index contributed by atoms with van der Waals surface area (Å²) in [5.41, 5.74) is 3.96. The first-order valence-corrected chi connectivity index (χ1v) is 14.1. The molecule has 3 fully saturated rings. The zero-order valence-corrected chi connectivity index (χ0v) is 23.4. The molecule has 3 aliphatic heterocycles. The molecule has 3 N–H and O–H groups in total. The van der Waals surface area contributed by atoms with Crippen molar-refractivity contribution < 1.29 is 40.7 Å². The number of alkyl halides is 6. The van der Waals surface area contributed by atoms with Gasteiger partial charge in [-0.25, -0.2) is 0 Å². The maximum Gasteiger partial charge on any atom is 0.416 e. The van der Waals surface area contributed by atoms with Gasteiger partial charge in [0.2, 0.25) is 11.8 Å². The van der Waals surface area contributed by atoms with Gasteiger partial charge in [-0.15, -0.1) is 0 Å². The third-order valence-corrected chi connectivity index (χ3v) is 8.40. The minimum absolute atomic E-state index is 0.0838. The number of halogens is 6. The molecule has 234 valence electrons. The van der Waals surface area contributed by atoms with Gasteiger partial charge in [0.25, 0.3) is 0 Å². The monoisotopic (exact) mass is 619 g/mol. The number of nitrogens with zero attached hydrogens (tertiary/aromatic N) is 1. The van der Waals surface area contributed by atoms with Crippen LogP contribution in [-0.4, -0.2) is 48.5 Å². The third kappa shape index (κ3) is 6.91. The Balaban J connectivity index is 1.54. The van der Waals surface area contributed by atoms with Crippen molar-refractivity contribution in [1.29, 1.82) is 0 Å². The first kappa shape index (κ1) is 31.5. The lowest BCUT2D eigenvalue weighted by Crippen LogP contribution is -2.66. The number of rotatable bonds is 9. The molecule has 0 radical (unpaired) electrons. The fraction of sp³-hybridized carbons (Fsp3) is 0.375. The summed E-state index contributed by atoms with van der Waals surface area (Å²) < 4.78 is 87.8. The summed E-state index contributed by atoms with van der Waals surface area (Å²) in [5.74, 6) is -2.49. The van der Waals surface area contributed by atoms with Crippen LogP contribution in [0.3, 0.4) is 0 Å². The molecule has 3 heterocycles. The highest BCUT2D eigenvalue weighted by Crippen LogP contribution is 2.46. The highest BCUT2D eigenvalue weighted by molar-refractivity contribution is 5.85. The van der Waals surface area contributed by atoms with Crippen LogP contribution in [0.25, 0.3) is 0 Å². The molecule has 3 aromatic carbocycles. The molecule has 3 aliphatic rings. The predicted molar refractivity (Wildman–Crippen MR) is 149 cm³/mol. The lowest BCUT2D eigenvalue weighted by atomic mass is 9.67. The molecule has 2 bridgehead atoms. The number of hydrogen-bond donors (Lipinski definition) is 2. The molecule has 0 spiro atoms. The second-order valence-corrected chi connectivity index (χ2v) is 11.2. The van der Waals surface area contributed by atoms with Crippen molar-refractivity contribution >= 4 is 11.8 Å². The van der Waals surface area contributed by atoms with Gasteiger partial charge in [0, 0.05) is 24.4 Å². The SMILES string of the molecule is NC(=O)CNC(=O)C1CN2CCC1C(OCc1cc(C(F)(F)F)cc(C(F)(F)F)c1)C2C(c1ccccc1)c1ccccc1. The van der Waals surface area contributed by atoms with Gasteiger partial charge in [-0.3, -0.25) is 14.5 Å². The fourth-order valence-corrected chi connectivity index (χ4v) is 6.53. The molecule has 0 aliphatic carbocycles. The van der Waals surface area contributed by atoms with Gasteiger partial charge >= 0.3 is 12.4 Å². The average molecular weight is 620 g/mol. The van der Waals surface area contributed by atoms with Crippen molar-refractivity contribution in [2.45, 2.75) is 43.4 Å². The van der Waals surface area contributed by atoms with Crippen LogP contribution >= 0.6 is 0 Å². The number of fused-ring (bicyclic) bond motifs is 3. The van der Waals surface area contributed by atoms with E-state index in [9.17, 15) is 35.9 Å². The number of hydrogen-bond acceptors (Lipinski definition) is 4. The van der Waals surface area contributed by atoms with E-state index in [1.54, 1.807) is 0 Å². The number of amides is 2. The van der Waals surface area contributed by atoms with E-state index in [1.165, 1.54) is 0 Å². The number of nitrogens with two attached hydrogens (primary N) is 1. The Morgan fingerprint density at radius 2 is 1.43 bits per heavy atom. The van der Waals surface area contributed by atoms with Crippen molar-refractivity contribution in [3.8, 4) is 0 Å². The standard InChI is InChI=1S/C32H31F6N3O3/c33-31(34,35)22-13-19(14-23(15-22)32(36,37)38)18-44-29-24-11-12-41(17-25(24)30(43)40-16-26(39)42)28(29)27(20-7-3-1-4-8-20)21-9-5-2-6-10-21/h1-10,13-15,24-25,27-29H,11-12,16-18H2,(H2,39,42)(H,40,43). The van der Waals surface area contributed by atoms with Crippen LogP contribution in [0.15, 0.2) is 78.9 Å². The maximum absolute atomic E-state index is 13.6. The van der Waals surface area contributed by atoms with Crippen LogP contribution in [0.2, 0.25) is 0 Å². The van der Waals surface area contributed by atoms with Crippen LogP contribution in [-0.2, 0) is 33.3 Å². The number of benzene rings is 3. The summed E-state index contributed by atoms with van der Waals surface area (Å²) in [4.78, 5) is 26.6. The minimum Gasteiger partial charge on any atom is -0.372 e. The zero-order chi connectivity index (χ0) is 31.6. The number of carbonyl (C=O) groups excluding carboxylic acids is 2. The lowest BCUT2D eigenvalue weighted by Gasteiger charge is -2.56. The van der Waals surface area contributed by atoms with E-state index in [-0.39, 0.29) is 24.1 Å². The summed E-state index contributed by atoms with van der Waals surface area (Å²) >= 11 is 0. The number of piperidine rings is 3. The van der Waals surface area contributed by atoms with Crippen molar-refractivity contribution in [2.75, 3.05) is 19.6 Å². The third-order valence-electron chi connectivity index (χ3n) is 8.40. The van der Waals surface area contributed by atoms with Crippen LogP contribution in [0.5, 0.6) is 0 Å². The van der Waals surface area contributed by atoms with Crippen molar-refractivity contribution in [3.05, 3.63) is 107 Å². The van der Waals surface area contributed by atoms with Crippen molar-refractivity contribution in [2.24, 2.45) is 17.6 Å². The molecule has 5 unspecified atom stereocenters. The fourth-order valence-electron chi connectivity index (χ4n) is 6.53. The van der Waals surface area contributed by atoms with Crippen molar-refractivity contribution in [1.82, 2.24) is 10.2 Å². The second kappa shape index (κ2) is 12.6. The summed E-state index contributed by atoms with van der Waals surface area (Å²) in [6, 6.07) is 20.1. The Morgan fingerprint density at radius 1 is 0.886 bits per heavy atom. The van der Waals surface area contributed by atoms with E-state index in [0.29, 0.717) is 31.6 Å². The molecule has 6 rings (SSSR count). The molecule has 3 aromatic rings. The Morgan fingerprint density at radius 3 is 1.93 bits per heavy atom. The van der Waals surface area contributed by atoms with Crippen LogP contribution in [0.4, 0.5) is 26.3 Å². The first-order valence-electron chi connectivity index (χ1n) is 14.1. The Kier molecular flexibility index (Phi) is 9.03. The molecular weight excluding hydrogens is 588 g/mol. The molecular formula is C32H31F6N3O3. The molecule has 0 aromatic heterocycles. The molecule has 44 heavy (non-hydrogen) atoms. The Bertz CT molecular complexity index is 1390. The number of primary amides is 1. The van der Waals surface area contributed by atoms with Gasteiger partial charge in [-0.2, -0.15) is 26.3 Å². The van der Waals surface area contributed by atoms with E-state index in [0.717, 1.165) is 11.1 Å². The largest absolute Gasteiger partial charge is 0.416 e. The van der Waals surface area contributed by atoms with Crippen molar-refractivity contribution in [3.63, 3.8) is 0 Å². The highest BCUT2D eigenvalue weighted by Gasteiger charge is 2.53. The number of ether oxygens (including phenoxy) is 1. The van der Waals surface area contributed by atoms with E-state index < -0.39 is 65.9 Å². The summed E-state index contributed by atoms with van der Waals surface area (Å²) in [6.07, 6.45) is -10.2. The predicted octanol–water partition coefficient (Wildman–Crippen LogP) is 5.36. The normalized spacial score (nSPS) is 23.5. The van der Waals surface area contributed by atoms with E-state index >= 15 is 0 Å². The number of nitrogens with one attached hydrogen (secondary N) is 1. The van der Waals surface area contributed by atoms with Gasteiger partial charge in [0.05, 0.1) is 36.3 Å². The van der Waals surface area contributed by atoms with Gasteiger partial charge in [0.15, 0.2) is 0 Å². The smallest absolute Gasteiger partial charge is 0.372 e. The van der Waals surface area contributed by atoms with Crippen LogP contribution in [0, 0.1) is 11.8 Å². The summed E-state index contributed by atoms with van der Waals surface area (Å²) in [5, 5.41) is 2.54. The molecule has 0 saturated carbocycles. The van der Waals surface area contributed by atoms with E-state index in [2.05, 4.69) is 10.2 Å². The lowest BCUT2D eigenvalue weighted by molar-refractivity contribution is -0.161. The molecule has 3 saturated heterocycles. The van der Waals surface area contributed by atoms with Gasteiger partial charge < -0.3 is 15.8 Å². The quantitative estimate of drug-likeness (QED) is 0.316. The minimum atomic E-state index is -5.00. The first-order chi connectivity index (χ1) is 20.8. The molecule has 6 nitrogen and oxygen atoms in total. The second-order valence-electron chi connectivity index (χ2n) is 11.2. The van der Waals surface area contributed by atoms with Gasteiger partial charge in [-0.05, 0) is 47.9 Å².